The average molecular weight is 291 g/mol. The Hall–Kier alpha value is -2.05. The zero-order valence-electron chi connectivity index (χ0n) is 11.1. The van der Waals surface area contributed by atoms with E-state index in [0.29, 0.717) is 17.9 Å². The number of nitrogens with two attached hydrogens (primary N) is 2. The molecule has 0 heterocycles. The molecule has 0 saturated heterocycles. The molecule has 2 rings (SSSR count). The standard InChI is InChI=1S/C14H17N3O2S/c1-10-4-2-3-5-11(10)9-17-14-8-12(20(16,18)19)6-7-13(14)15/h2-8,17H,9,15H2,1H3,(H2,16,18,19). The molecular weight excluding hydrogens is 274 g/mol. The Bertz CT molecular complexity index is 727. The molecular formula is C14H17N3O2S. The van der Waals surface area contributed by atoms with Crippen LogP contribution in [0.5, 0.6) is 0 Å². The minimum absolute atomic E-state index is 0.0407. The SMILES string of the molecule is Cc1ccccc1CNc1cc(S(N)(=O)=O)ccc1N. The molecule has 0 spiro atoms. The molecule has 0 unspecified atom stereocenters. The highest BCUT2D eigenvalue weighted by atomic mass is 32.2. The van der Waals surface area contributed by atoms with E-state index in [2.05, 4.69) is 5.32 Å². The molecule has 0 atom stereocenters. The van der Waals surface area contributed by atoms with E-state index in [0.717, 1.165) is 11.1 Å². The molecule has 0 aliphatic heterocycles. The van der Waals surface area contributed by atoms with Crippen LogP contribution in [-0.4, -0.2) is 8.42 Å². The fourth-order valence-electron chi connectivity index (χ4n) is 1.86. The highest BCUT2D eigenvalue weighted by molar-refractivity contribution is 7.89. The van der Waals surface area contributed by atoms with Gasteiger partial charge in [0.2, 0.25) is 10.0 Å². The molecule has 0 fully saturated rings. The molecule has 0 aliphatic rings. The van der Waals surface area contributed by atoms with Crippen molar-refractivity contribution in [3.8, 4) is 0 Å². The minimum Gasteiger partial charge on any atom is -0.397 e. The predicted octanol–water partition coefficient (Wildman–Crippen LogP) is 1.84. The van der Waals surface area contributed by atoms with E-state index >= 15 is 0 Å². The minimum atomic E-state index is -3.73. The molecule has 5 N–H and O–H groups in total. The molecule has 106 valence electrons. The third-order valence-corrected chi connectivity index (χ3v) is 3.99. The smallest absolute Gasteiger partial charge is 0.238 e. The number of benzene rings is 2. The van der Waals surface area contributed by atoms with Crippen LogP contribution in [0.4, 0.5) is 11.4 Å². The Morgan fingerprint density at radius 2 is 1.85 bits per heavy atom. The van der Waals surface area contributed by atoms with Gasteiger partial charge in [-0.05, 0) is 36.2 Å². The van der Waals surface area contributed by atoms with Crippen molar-refractivity contribution >= 4 is 21.4 Å². The van der Waals surface area contributed by atoms with Crippen LogP contribution in [0.25, 0.3) is 0 Å². The molecule has 6 heteroatoms. The molecule has 0 bridgehead atoms. The highest BCUT2D eigenvalue weighted by Crippen LogP contribution is 2.23. The summed E-state index contributed by atoms with van der Waals surface area (Å²) in [7, 11) is -3.73. The first kappa shape index (κ1) is 14.4. The lowest BCUT2D eigenvalue weighted by Gasteiger charge is -2.12. The lowest BCUT2D eigenvalue weighted by Crippen LogP contribution is -2.13. The largest absolute Gasteiger partial charge is 0.397 e. The maximum atomic E-state index is 11.3. The van der Waals surface area contributed by atoms with Crippen LogP contribution < -0.4 is 16.2 Å². The van der Waals surface area contributed by atoms with E-state index in [4.69, 9.17) is 10.9 Å². The summed E-state index contributed by atoms with van der Waals surface area (Å²) >= 11 is 0. The zero-order chi connectivity index (χ0) is 14.8. The van der Waals surface area contributed by atoms with Crippen molar-refractivity contribution in [3.05, 3.63) is 53.6 Å². The van der Waals surface area contributed by atoms with Crippen molar-refractivity contribution in [1.82, 2.24) is 0 Å². The number of hydrogen-bond acceptors (Lipinski definition) is 4. The van der Waals surface area contributed by atoms with Crippen molar-refractivity contribution in [2.75, 3.05) is 11.1 Å². The fraction of sp³-hybridized carbons (Fsp3) is 0.143. The quantitative estimate of drug-likeness (QED) is 0.748. The molecule has 0 aromatic heterocycles. The molecule has 0 amide bonds. The Morgan fingerprint density at radius 1 is 1.15 bits per heavy atom. The molecule has 0 saturated carbocycles. The first-order chi connectivity index (χ1) is 9.38. The average Bonchev–Trinajstić information content (AvgIpc) is 2.38. The van der Waals surface area contributed by atoms with Gasteiger partial charge in [0, 0.05) is 6.54 Å². The summed E-state index contributed by atoms with van der Waals surface area (Å²) < 4.78 is 22.7. The number of primary sulfonamides is 1. The van der Waals surface area contributed by atoms with Crippen molar-refractivity contribution in [2.24, 2.45) is 5.14 Å². The summed E-state index contributed by atoms with van der Waals surface area (Å²) in [6, 6.07) is 12.3. The second-order valence-corrected chi connectivity index (χ2v) is 6.14. The number of anilines is 2. The van der Waals surface area contributed by atoms with Gasteiger partial charge < -0.3 is 11.1 Å². The molecule has 20 heavy (non-hydrogen) atoms. The van der Waals surface area contributed by atoms with Gasteiger partial charge >= 0.3 is 0 Å². The van der Waals surface area contributed by atoms with E-state index in [1.165, 1.54) is 18.2 Å². The van der Waals surface area contributed by atoms with Crippen LogP contribution in [0, 0.1) is 6.92 Å². The highest BCUT2D eigenvalue weighted by Gasteiger charge is 2.10. The van der Waals surface area contributed by atoms with Gasteiger partial charge in [0.25, 0.3) is 0 Å². The molecule has 2 aromatic carbocycles. The number of sulfonamides is 1. The van der Waals surface area contributed by atoms with Gasteiger partial charge in [-0.15, -0.1) is 0 Å². The number of aryl methyl sites for hydroxylation is 1. The molecule has 0 radical (unpaired) electrons. The summed E-state index contributed by atoms with van der Waals surface area (Å²) in [6.45, 7) is 2.58. The van der Waals surface area contributed by atoms with Crippen molar-refractivity contribution in [3.63, 3.8) is 0 Å². The Kier molecular flexibility index (Phi) is 3.96. The Morgan fingerprint density at radius 3 is 2.50 bits per heavy atom. The number of nitrogen functional groups attached to an aromatic ring is 1. The van der Waals surface area contributed by atoms with Gasteiger partial charge in [0.1, 0.15) is 0 Å². The molecule has 2 aromatic rings. The lowest BCUT2D eigenvalue weighted by atomic mass is 10.1. The Balaban J connectivity index is 2.24. The zero-order valence-corrected chi connectivity index (χ0v) is 11.9. The first-order valence-corrected chi connectivity index (χ1v) is 7.63. The maximum Gasteiger partial charge on any atom is 0.238 e. The van der Waals surface area contributed by atoms with Gasteiger partial charge in [-0.25, -0.2) is 13.6 Å². The van der Waals surface area contributed by atoms with Gasteiger partial charge in [0.15, 0.2) is 0 Å². The van der Waals surface area contributed by atoms with Crippen LogP contribution in [0.1, 0.15) is 11.1 Å². The topological polar surface area (TPSA) is 98.2 Å². The predicted molar refractivity (Wildman–Crippen MR) is 80.7 cm³/mol. The van der Waals surface area contributed by atoms with Crippen LogP contribution in [-0.2, 0) is 16.6 Å². The second kappa shape index (κ2) is 5.52. The second-order valence-electron chi connectivity index (χ2n) is 4.57. The lowest BCUT2D eigenvalue weighted by molar-refractivity contribution is 0.598. The monoisotopic (exact) mass is 291 g/mol. The van der Waals surface area contributed by atoms with Crippen molar-refractivity contribution in [1.29, 1.82) is 0 Å². The van der Waals surface area contributed by atoms with Gasteiger partial charge in [-0.3, -0.25) is 0 Å². The number of rotatable bonds is 4. The number of hydrogen-bond donors (Lipinski definition) is 3. The van der Waals surface area contributed by atoms with Crippen molar-refractivity contribution in [2.45, 2.75) is 18.4 Å². The van der Waals surface area contributed by atoms with E-state index in [9.17, 15) is 8.42 Å². The van der Waals surface area contributed by atoms with E-state index < -0.39 is 10.0 Å². The summed E-state index contributed by atoms with van der Waals surface area (Å²) in [6.07, 6.45) is 0. The van der Waals surface area contributed by atoms with Crippen LogP contribution >= 0.6 is 0 Å². The van der Waals surface area contributed by atoms with Crippen LogP contribution in [0.15, 0.2) is 47.4 Å². The van der Waals surface area contributed by atoms with E-state index in [-0.39, 0.29) is 4.90 Å². The summed E-state index contributed by atoms with van der Waals surface area (Å²) in [4.78, 5) is 0.0407. The Labute approximate surface area is 118 Å². The fourth-order valence-corrected chi connectivity index (χ4v) is 2.40. The van der Waals surface area contributed by atoms with Gasteiger partial charge in [0.05, 0.1) is 16.3 Å². The first-order valence-electron chi connectivity index (χ1n) is 6.08. The summed E-state index contributed by atoms with van der Waals surface area (Å²) in [5.74, 6) is 0. The van der Waals surface area contributed by atoms with Crippen molar-refractivity contribution < 1.29 is 8.42 Å². The summed E-state index contributed by atoms with van der Waals surface area (Å²) in [5, 5.41) is 8.25. The van der Waals surface area contributed by atoms with E-state index in [1.807, 2.05) is 31.2 Å². The molecule has 0 aliphatic carbocycles. The summed E-state index contributed by atoms with van der Waals surface area (Å²) in [5.41, 5.74) is 9.14. The van der Waals surface area contributed by atoms with Crippen LogP contribution in [0.3, 0.4) is 0 Å². The molecule has 5 nitrogen and oxygen atoms in total. The normalized spacial score (nSPS) is 11.3. The third kappa shape index (κ3) is 3.28. The van der Waals surface area contributed by atoms with Crippen LogP contribution in [0.2, 0.25) is 0 Å². The number of nitrogens with one attached hydrogen (secondary N) is 1. The van der Waals surface area contributed by atoms with E-state index in [1.54, 1.807) is 0 Å². The van der Waals surface area contributed by atoms with Gasteiger partial charge in [-0.1, -0.05) is 24.3 Å². The third-order valence-electron chi connectivity index (χ3n) is 3.08. The maximum absolute atomic E-state index is 11.3. The van der Waals surface area contributed by atoms with Gasteiger partial charge in [-0.2, -0.15) is 0 Å².